The zero-order valence-corrected chi connectivity index (χ0v) is 17.7. The number of carbonyl (C=O) groups excluding carboxylic acids is 2. The van der Waals surface area contributed by atoms with Crippen LogP contribution < -0.4 is 10.9 Å². The third kappa shape index (κ3) is 4.42. The number of hydrogen-bond donors (Lipinski definition) is 1. The lowest BCUT2D eigenvalue weighted by Crippen LogP contribution is -2.28. The molecule has 2 aliphatic rings. The Kier molecular flexibility index (Phi) is 6.21. The van der Waals surface area contributed by atoms with E-state index < -0.39 is 0 Å². The van der Waals surface area contributed by atoms with Crippen molar-refractivity contribution in [2.24, 2.45) is 11.8 Å². The van der Waals surface area contributed by atoms with Crippen LogP contribution in [0.3, 0.4) is 0 Å². The molecule has 0 unspecified atom stereocenters. The number of amides is 2. The molecule has 4 rings (SSSR count). The molecule has 0 atom stereocenters. The number of nitrogens with one attached hydrogen (secondary N) is 1. The van der Waals surface area contributed by atoms with E-state index in [-0.39, 0.29) is 23.3 Å². The molecular formula is C24H31N3O3. The van der Waals surface area contributed by atoms with Gasteiger partial charge >= 0.3 is 0 Å². The number of rotatable bonds is 6. The minimum atomic E-state index is -0.0529. The topological polar surface area (TPSA) is 71.4 Å². The monoisotopic (exact) mass is 409 g/mol. The first-order chi connectivity index (χ1) is 14.5. The number of pyridine rings is 1. The lowest BCUT2D eigenvalue weighted by molar-refractivity contribution is -0.127. The fourth-order valence-electron chi connectivity index (χ4n) is 4.73. The van der Waals surface area contributed by atoms with Crippen LogP contribution in [0.1, 0.15) is 51.9 Å². The Morgan fingerprint density at radius 2 is 1.87 bits per heavy atom. The van der Waals surface area contributed by atoms with Gasteiger partial charge in [-0.3, -0.25) is 14.4 Å². The second-order valence-electron chi connectivity index (χ2n) is 8.87. The Labute approximate surface area is 177 Å². The molecule has 160 valence electrons. The average Bonchev–Trinajstić information content (AvgIpc) is 3.15. The second kappa shape index (κ2) is 9.02. The Morgan fingerprint density at radius 3 is 2.60 bits per heavy atom. The Hall–Kier alpha value is -2.63. The Morgan fingerprint density at radius 1 is 1.07 bits per heavy atom. The summed E-state index contributed by atoms with van der Waals surface area (Å²) >= 11 is 0. The number of likely N-dealkylation sites (tertiary alicyclic amines) is 1. The van der Waals surface area contributed by atoms with Gasteiger partial charge in [0.2, 0.25) is 11.8 Å². The van der Waals surface area contributed by atoms with Crippen molar-refractivity contribution in [2.45, 2.75) is 58.4 Å². The van der Waals surface area contributed by atoms with E-state index in [9.17, 15) is 14.4 Å². The quantitative estimate of drug-likeness (QED) is 0.789. The summed E-state index contributed by atoms with van der Waals surface area (Å²) in [6.45, 7) is 4.34. The van der Waals surface area contributed by atoms with E-state index in [1.54, 1.807) is 10.8 Å². The van der Waals surface area contributed by atoms with Gasteiger partial charge in [0.05, 0.1) is 0 Å². The highest BCUT2D eigenvalue weighted by Gasteiger charge is 2.25. The maximum absolute atomic E-state index is 13.0. The van der Waals surface area contributed by atoms with Crippen molar-refractivity contribution in [3.8, 4) is 0 Å². The normalized spacial score (nSPS) is 21.9. The molecule has 30 heavy (non-hydrogen) atoms. The van der Waals surface area contributed by atoms with E-state index in [0.29, 0.717) is 36.5 Å². The van der Waals surface area contributed by atoms with Gasteiger partial charge in [0, 0.05) is 54.6 Å². The van der Waals surface area contributed by atoms with Gasteiger partial charge in [-0.15, -0.1) is 0 Å². The standard InChI is InChI=1S/C24H31N3O3/c1-17-8-10-18(11-9-17)23(29)25-21-6-2-5-20-19(21)12-16-27(24(20)30)15-4-14-26-13-3-7-22(26)28/h2,5-6,12,16-18H,3-4,7-11,13-15H2,1H3,(H,25,29). The molecule has 1 aliphatic heterocycles. The van der Waals surface area contributed by atoms with E-state index in [1.165, 1.54) is 0 Å². The first kappa shape index (κ1) is 20.6. The van der Waals surface area contributed by atoms with Crippen molar-refractivity contribution in [2.75, 3.05) is 18.4 Å². The molecule has 0 radical (unpaired) electrons. The molecule has 1 aromatic carbocycles. The summed E-state index contributed by atoms with van der Waals surface area (Å²) in [5, 5.41) is 4.47. The van der Waals surface area contributed by atoms with Crippen LogP contribution in [0.5, 0.6) is 0 Å². The maximum atomic E-state index is 13.0. The molecule has 1 aliphatic carbocycles. The number of aromatic nitrogens is 1. The molecule has 1 saturated carbocycles. The van der Waals surface area contributed by atoms with Gasteiger partial charge in [-0.05, 0) is 62.6 Å². The van der Waals surface area contributed by atoms with Gasteiger partial charge in [-0.1, -0.05) is 13.0 Å². The van der Waals surface area contributed by atoms with Crippen LogP contribution >= 0.6 is 0 Å². The molecule has 2 aromatic rings. The number of aryl methyl sites for hydroxylation is 1. The summed E-state index contributed by atoms with van der Waals surface area (Å²) in [6, 6.07) is 7.43. The first-order valence-corrected chi connectivity index (χ1v) is 11.2. The molecule has 6 nitrogen and oxygen atoms in total. The van der Waals surface area contributed by atoms with Crippen LogP contribution in [0.2, 0.25) is 0 Å². The lowest BCUT2D eigenvalue weighted by atomic mass is 9.82. The van der Waals surface area contributed by atoms with Crippen molar-refractivity contribution in [3.05, 3.63) is 40.8 Å². The summed E-state index contributed by atoms with van der Waals surface area (Å²) in [6.07, 6.45) is 8.20. The van der Waals surface area contributed by atoms with Crippen LogP contribution in [-0.4, -0.2) is 34.4 Å². The van der Waals surface area contributed by atoms with Crippen LogP contribution in [0, 0.1) is 11.8 Å². The van der Waals surface area contributed by atoms with Crippen LogP contribution in [0.25, 0.3) is 10.8 Å². The predicted octanol–water partition coefficient (Wildman–Crippen LogP) is 3.78. The van der Waals surface area contributed by atoms with Crippen LogP contribution in [-0.2, 0) is 16.1 Å². The number of carbonyl (C=O) groups is 2. The molecule has 0 spiro atoms. The van der Waals surface area contributed by atoms with E-state index in [2.05, 4.69) is 12.2 Å². The van der Waals surface area contributed by atoms with E-state index >= 15 is 0 Å². The van der Waals surface area contributed by atoms with Gasteiger partial charge < -0.3 is 14.8 Å². The highest BCUT2D eigenvalue weighted by Crippen LogP contribution is 2.30. The molecular weight excluding hydrogens is 378 g/mol. The van der Waals surface area contributed by atoms with Gasteiger partial charge in [0.15, 0.2) is 0 Å². The van der Waals surface area contributed by atoms with Crippen molar-refractivity contribution < 1.29 is 9.59 Å². The number of hydrogen-bond acceptors (Lipinski definition) is 3. The number of anilines is 1. The number of fused-ring (bicyclic) bond motifs is 1. The third-order valence-electron chi connectivity index (χ3n) is 6.66. The van der Waals surface area contributed by atoms with Crippen LogP contribution in [0.4, 0.5) is 5.69 Å². The molecule has 1 aromatic heterocycles. The molecule has 2 heterocycles. The van der Waals surface area contributed by atoms with Crippen molar-refractivity contribution in [1.82, 2.24) is 9.47 Å². The first-order valence-electron chi connectivity index (χ1n) is 11.2. The maximum Gasteiger partial charge on any atom is 0.258 e. The highest BCUT2D eigenvalue weighted by atomic mass is 16.2. The molecule has 1 N–H and O–H groups in total. The zero-order chi connectivity index (χ0) is 21.1. The fraction of sp³-hybridized carbons (Fsp3) is 0.542. The van der Waals surface area contributed by atoms with E-state index in [1.807, 2.05) is 29.2 Å². The molecule has 1 saturated heterocycles. The SMILES string of the molecule is CC1CCC(C(=O)Nc2cccc3c(=O)n(CCCN4CCCC4=O)ccc23)CC1. The predicted molar refractivity (Wildman–Crippen MR) is 118 cm³/mol. The average molecular weight is 410 g/mol. The summed E-state index contributed by atoms with van der Waals surface area (Å²) < 4.78 is 1.71. The van der Waals surface area contributed by atoms with Gasteiger partial charge in [0.1, 0.15) is 0 Å². The van der Waals surface area contributed by atoms with Gasteiger partial charge in [-0.2, -0.15) is 0 Å². The summed E-state index contributed by atoms with van der Waals surface area (Å²) in [5.41, 5.74) is 0.658. The van der Waals surface area contributed by atoms with E-state index in [0.717, 1.165) is 50.5 Å². The van der Waals surface area contributed by atoms with Gasteiger partial charge in [0.25, 0.3) is 5.56 Å². The smallest absolute Gasteiger partial charge is 0.258 e. The molecule has 6 heteroatoms. The summed E-state index contributed by atoms with van der Waals surface area (Å²) in [5.74, 6) is 1.04. The Bertz CT molecular complexity index is 989. The third-order valence-corrected chi connectivity index (χ3v) is 6.66. The van der Waals surface area contributed by atoms with Crippen molar-refractivity contribution in [3.63, 3.8) is 0 Å². The van der Waals surface area contributed by atoms with Crippen molar-refractivity contribution in [1.29, 1.82) is 0 Å². The Balaban J connectivity index is 1.45. The summed E-state index contributed by atoms with van der Waals surface area (Å²) in [4.78, 5) is 39.3. The molecule has 0 bridgehead atoms. The van der Waals surface area contributed by atoms with Crippen molar-refractivity contribution >= 4 is 28.3 Å². The largest absolute Gasteiger partial charge is 0.343 e. The zero-order valence-electron chi connectivity index (χ0n) is 17.7. The molecule has 2 fully saturated rings. The van der Waals surface area contributed by atoms with Crippen LogP contribution in [0.15, 0.2) is 35.3 Å². The minimum Gasteiger partial charge on any atom is -0.343 e. The second-order valence-corrected chi connectivity index (χ2v) is 8.87. The number of benzene rings is 1. The lowest BCUT2D eigenvalue weighted by Gasteiger charge is -2.25. The van der Waals surface area contributed by atoms with E-state index in [4.69, 9.17) is 0 Å². The fourth-order valence-corrected chi connectivity index (χ4v) is 4.73. The molecule has 2 amide bonds. The highest BCUT2D eigenvalue weighted by molar-refractivity contribution is 6.02. The van der Waals surface area contributed by atoms with Gasteiger partial charge in [-0.25, -0.2) is 0 Å². The number of nitrogens with zero attached hydrogens (tertiary/aromatic N) is 2. The summed E-state index contributed by atoms with van der Waals surface area (Å²) in [7, 11) is 0. The minimum absolute atomic E-state index is 0.0529.